The smallest absolute Gasteiger partial charge is 0.259 e. The molecular formula is C27H28N4O4. The highest BCUT2D eigenvalue weighted by Gasteiger charge is 2.21. The fraction of sp³-hybridized carbons (Fsp3) is 0.296. The van der Waals surface area contributed by atoms with Crippen LogP contribution in [0.5, 0.6) is 5.75 Å². The number of aryl methyl sites for hydroxylation is 1. The Hall–Kier alpha value is -3.91. The van der Waals surface area contributed by atoms with E-state index in [1.54, 1.807) is 13.2 Å². The van der Waals surface area contributed by atoms with Crippen LogP contribution >= 0.6 is 0 Å². The second-order valence-corrected chi connectivity index (χ2v) is 8.62. The fourth-order valence-corrected chi connectivity index (χ4v) is 4.34. The molecule has 3 heterocycles. The maximum absolute atomic E-state index is 13.4. The van der Waals surface area contributed by atoms with E-state index < -0.39 is 0 Å². The Bertz CT molecular complexity index is 1330. The van der Waals surface area contributed by atoms with Crippen molar-refractivity contribution in [1.82, 2.24) is 15.5 Å². The van der Waals surface area contributed by atoms with E-state index in [0.717, 1.165) is 48.9 Å². The van der Waals surface area contributed by atoms with Crippen molar-refractivity contribution in [2.75, 3.05) is 38.3 Å². The number of hydrogen-bond acceptors (Lipinski definition) is 7. The molecule has 0 aliphatic carbocycles. The number of benzene rings is 2. The minimum absolute atomic E-state index is 0.186. The number of nitrogens with zero attached hydrogens (tertiary/aromatic N) is 3. The van der Waals surface area contributed by atoms with Gasteiger partial charge in [0.25, 0.3) is 11.6 Å². The minimum Gasteiger partial charge on any atom is -0.497 e. The van der Waals surface area contributed by atoms with E-state index in [2.05, 4.69) is 44.6 Å². The summed E-state index contributed by atoms with van der Waals surface area (Å²) >= 11 is 0. The molecule has 8 nitrogen and oxygen atoms in total. The van der Waals surface area contributed by atoms with Crippen molar-refractivity contribution < 1.29 is 18.8 Å². The third-order valence-electron chi connectivity index (χ3n) is 6.36. The average molecular weight is 473 g/mol. The number of nitrogens with one attached hydrogen (secondary N) is 1. The number of amides is 1. The third kappa shape index (κ3) is 4.70. The standard InChI is InChI=1S/C27H28N4O4/c1-17(19-4-8-21(9-5-19)31-12-14-34-15-13-31)28-26(32)23-16-24(20-6-10-22(33-3)11-7-20)29-27-25(23)18(2)30-35-27/h4-11,16-17H,12-15H2,1-3H3,(H,28,32). The molecule has 180 valence electrons. The summed E-state index contributed by atoms with van der Waals surface area (Å²) in [7, 11) is 1.62. The van der Waals surface area contributed by atoms with Crippen LogP contribution in [0.15, 0.2) is 59.1 Å². The quantitative estimate of drug-likeness (QED) is 0.441. The summed E-state index contributed by atoms with van der Waals surface area (Å²) in [6.45, 7) is 7.05. The number of fused-ring (bicyclic) bond motifs is 1. The molecule has 1 aliphatic heterocycles. The van der Waals surface area contributed by atoms with Gasteiger partial charge in [-0.15, -0.1) is 0 Å². The zero-order valence-corrected chi connectivity index (χ0v) is 20.1. The van der Waals surface area contributed by atoms with Gasteiger partial charge in [0.2, 0.25) is 0 Å². The highest BCUT2D eigenvalue weighted by atomic mass is 16.5. The lowest BCUT2D eigenvalue weighted by Crippen LogP contribution is -2.36. The minimum atomic E-state index is -0.205. The number of morpholine rings is 1. The van der Waals surface area contributed by atoms with Crippen LogP contribution in [-0.4, -0.2) is 49.5 Å². The zero-order chi connectivity index (χ0) is 24.4. The maximum Gasteiger partial charge on any atom is 0.259 e. The molecule has 0 saturated carbocycles. The molecule has 8 heteroatoms. The maximum atomic E-state index is 13.4. The van der Waals surface area contributed by atoms with Gasteiger partial charge in [-0.2, -0.15) is 0 Å². The van der Waals surface area contributed by atoms with Gasteiger partial charge in [0, 0.05) is 24.3 Å². The molecule has 2 aromatic carbocycles. The number of rotatable bonds is 6. The Morgan fingerprint density at radius 1 is 1.09 bits per heavy atom. The number of carbonyl (C=O) groups excluding carboxylic acids is 1. The van der Waals surface area contributed by atoms with Crippen molar-refractivity contribution in [3.05, 3.63) is 71.4 Å². The number of ether oxygens (including phenoxy) is 2. The van der Waals surface area contributed by atoms with E-state index in [0.29, 0.717) is 28.1 Å². The number of pyridine rings is 1. The lowest BCUT2D eigenvalue weighted by atomic mass is 10.0. The molecule has 1 aliphatic rings. The van der Waals surface area contributed by atoms with Crippen LogP contribution in [0.3, 0.4) is 0 Å². The van der Waals surface area contributed by atoms with Crippen molar-refractivity contribution in [2.45, 2.75) is 19.9 Å². The van der Waals surface area contributed by atoms with Crippen LogP contribution in [0.25, 0.3) is 22.4 Å². The monoisotopic (exact) mass is 472 g/mol. The van der Waals surface area contributed by atoms with Crippen LogP contribution in [0.2, 0.25) is 0 Å². The first kappa shape index (κ1) is 22.9. The third-order valence-corrected chi connectivity index (χ3v) is 6.36. The van der Waals surface area contributed by atoms with Crippen molar-refractivity contribution in [2.24, 2.45) is 0 Å². The van der Waals surface area contributed by atoms with Gasteiger partial charge >= 0.3 is 0 Å². The summed E-state index contributed by atoms with van der Waals surface area (Å²) in [5, 5.41) is 7.79. The molecule has 2 aromatic heterocycles. The van der Waals surface area contributed by atoms with E-state index in [1.807, 2.05) is 38.1 Å². The lowest BCUT2D eigenvalue weighted by molar-refractivity contribution is 0.0941. The second kappa shape index (κ2) is 9.76. The first-order valence-electron chi connectivity index (χ1n) is 11.7. The van der Waals surface area contributed by atoms with Gasteiger partial charge < -0.3 is 24.2 Å². The van der Waals surface area contributed by atoms with Gasteiger partial charge in [-0.05, 0) is 61.9 Å². The Morgan fingerprint density at radius 2 is 1.80 bits per heavy atom. The van der Waals surface area contributed by atoms with Gasteiger partial charge in [-0.3, -0.25) is 4.79 Å². The van der Waals surface area contributed by atoms with Crippen LogP contribution in [-0.2, 0) is 4.74 Å². The Labute approximate surface area is 203 Å². The second-order valence-electron chi connectivity index (χ2n) is 8.62. The largest absolute Gasteiger partial charge is 0.497 e. The number of anilines is 1. The van der Waals surface area contributed by atoms with Crippen molar-refractivity contribution in [1.29, 1.82) is 0 Å². The van der Waals surface area contributed by atoms with Gasteiger partial charge in [0.05, 0.1) is 48.7 Å². The highest BCUT2D eigenvalue weighted by molar-refractivity contribution is 6.07. The molecule has 0 spiro atoms. The summed E-state index contributed by atoms with van der Waals surface area (Å²) in [6.07, 6.45) is 0. The number of carbonyl (C=O) groups is 1. The Morgan fingerprint density at radius 3 is 2.49 bits per heavy atom. The lowest BCUT2D eigenvalue weighted by Gasteiger charge is -2.29. The number of methoxy groups -OCH3 is 1. The zero-order valence-electron chi connectivity index (χ0n) is 20.1. The first-order chi connectivity index (χ1) is 17.0. The van der Waals surface area contributed by atoms with E-state index in [1.165, 1.54) is 0 Å². The molecule has 1 amide bonds. The molecule has 1 atom stereocenters. The molecule has 4 aromatic rings. The topological polar surface area (TPSA) is 89.7 Å². The van der Waals surface area contributed by atoms with Crippen molar-refractivity contribution >= 4 is 22.7 Å². The Balaban J connectivity index is 1.40. The number of hydrogen-bond donors (Lipinski definition) is 1. The van der Waals surface area contributed by atoms with Crippen LogP contribution in [0.1, 0.15) is 34.6 Å². The van der Waals surface area contributed by atoms with Gasteiger partial charge in [0.1, 0.15) is 5.75 Å². The molecule has 1 unspecified atom stereocenters. The molecular weight excluding hydrogens is 444 g/mol. The van der Waals surface area contributed by atoms with Gasteiger partial charge in [-0.25, -0.2) is 4.98 Å². The van der Waals surface area contributed by atoms with Gasteiger partial charge in [-0.1, -0.05) is 17.3 Å². The van der Waals surface area contributed by atoms with Crippen LogP contribution < -0.4 is 15.0 Å². The Kier molecular flexibility index (Phi) is 6.37. The highest BCUT2D eigenvalue weighted by Crippen LogP contribution is 2.29. The SMILES string of the molecule is COc1ccc(-c2cc(C(=O)NC(C)c3ccc(N4CCOCC4)cc3)c3c(C)noc3n2)cc1. The van der Waals surface area contributed by atoms with E-state index in [-0.39, 0.29) is 11.9 Å². The number of aromatic nitrogens is 2. The normalized spacial score (nSPS) is 14.7. The van der Waals surface area contributed by atoms with E-state index >= 15 is 0 Å². The molecule has 1 saturated heterocycles. The van der Waals surface area contributed by atoms with Crippen LogP contribution in [0.4, 0.5) is 5.69 Å². The molecule has 35 heavy (non-hydrogen) atoms. The van der Waals surface area contributed by atoms with Crippen LogP contribution in [0, 0.1) is 6.92 Å². The summed E-state index contributed by atoms with van der Waals surface area (Å²) in [5.74, 6) is 0.542. The molecule has 0 radical (unpaired) electrons. The van der Waals surface area contributed by atoms with E-state index in [4.69, 9.17) is 14.0 Å². The van der Waals surface area contributed by atoms with Gasteiger partial charge in [0.15, 0.2) is 0 Å². The molecule has 5 rings (SSSR count). The summed E-state index contributed by atoms with van der Waals surface area (Å²) in [4.78, 5) is 20.3. The molecule has 0 bridgehead atoms. The average Bonchev–Trinajstić information content (AvgIpc) is 3.29. The summed E-state index contributed by atoms with van der Waals surface area (Å²) < 4.78 is 16.1. The molecule has 1 N–H and O–H groups in total. The predicted octanol–water partition coefficient (Wildman–Crippen LogP) is 4.53. The first-order valence-corrected chi connectivity index (χ1v) is 11.7. The summed E-state index contributed by atoms with van der Waals surface area (Å²) in [5.41, 5.74) is 5.11. The molecule has 1 fully saturated rings. The van der Waals surface area contributed by atoms with Crippen molar-refractivity contribution in [3.8, 4) is 17.0 Å². The summed E-state index contributed by atoms with van der Waals surface area (Å²) in [6, 6.07) is 17.4. The van der Waals surface area contributed by atoms with Crippen molar-refractivity contribution in [3.63, 3.8) is 0 Å². The van der Waals surface area contributed by atoms with E-state index in [9.17, 15) is 4.79 Å². The predicted molar refractivity (Wildman–Crippen MR) is 134 cm³/mol. The fourth-order valence-electron chi connectivity index (χ4n) is 4.34.